The van der Waals surface area contributed by atoms with E-state index in [1.165, 1.54) is 12.0 Å². The predicted octanol–water partition coefficient (Wildman–Crippen LogP) is 6.36. The van der Waals surface area contributed by atoms with Crippen molar-refractivity contribution in [2.45, 2.75) is 97.5 Å². The number of carboxylic acids is 1. The van der Waals surface area contributed by atoms with Crippen LogP contribution >= 0.6 is 0 Å². The Bertz CT molecular complexity index is 837. The summed E-state index contributed by atoms with van der Waals surface area (Å²) in [5, 5.41) is 17.4. The number of aliphatic carboxylic acids is 1. The second kappa shape index (κ2) is 11.8. The van der Waals surface area contributed by atoms with Gasteiger partial charge in [-0.05, 0) is 89.0 Å². The summed E-state index contributed by atoms with van der Waals surface area (Å²) < 4.78 is 12.5. The van der Waals surface area contributed by atoms with E-state index in [4.69, 9.17) is 19.8 Å². The number of rotatable bonds is 12. The molecule has 0 saturated carbocycles. The molecule has 5 nitrogen and oxygen atoms in total. The van der Waals surface area contributed by atoms with Gasteiger partial charge in [-0.2, -0.15) is 5.26 Å². The number of nitrogens with zero attached hydrogens (tertiary/aromatic N) is 1. The number of hydrogen-bond acceptors (Lipinski definition) is 4. The third kappa shape index (κ3) is 7.02. The monoisotopic (exact) mass is 427 g/mol. The Labute approximate surface area is 187 Å². The third-order valence-corrected chi connectivity index (χ3v) is 6.18. The van der Waals surface area contributed by atoms with Gasteiger partial charge in [0.05, 0.1) is 12.7 Å². The minimum atomic E-state index is -0.793. The summed E-state index contributed by atoms with van der Waals surface area (Å²) in [6, 6.07) is 2.20. The molecule has 1 aliphatic heterocycles. The van der Waals surface area contributed by atoms with E-state index >= 15 is 0 Å². The molecule has 170 valence electrons. The number of hydrogen-bond donors (Lipinski definition) is 1. The van der Waals surface area contributed by atoms with Crippen molar-refractivity contribution in [2.24, 2.45) is 0 Å². The molecule has 1 atom stereocenters. The van der Waals surface area contributed by atoms with E-state index in [0.717, 1.165) is 66.7 Å². The first-order valence-electron chi connectivity index (χ1n) is 11.5. The molecular weight excluding hydrogens is 390 g/mol. The molecule has 1 aliphatic rings. The Balaban J connectivity index is 2.01. The summed E-state index contributed by atoms with van der Waals surface area (Å²) in [5.41, 5.74) is 4.18. The molecule has 0 radical (unpaired) electrons. The van der Waals surface area contributed by atoms with Gasteiger partial charge in [-0.1, -0.05) is 18.9 Å². The summed E-state index contributed by atoms with van der Waals surface area (Å²) in [4.78, 5) is 10.7. The van der Waals surface area contributed by atoms with E-state index in [1.807, 2.05) is 6.92 Å². The molecule has 1 heterocycles. The van der Waals surface area contributed by atoms with Crippen molar-refractivity contribution in [1.29, 1.82) is 5.26 Å². The average molecular weight is 428 g/mol. The lowest BCUT2D eigenvalue weighted by molar-refractivity contribution is -0.137. The molecule has 0 amide bonds. The van der Waals surface area contributed by atoms with Crippen LogP contribution < -0.4 is 9.47 Å². The fourth-order valence-corrected chi connectivity index (χ4v) is 4.14. The minimum absolute atomic E-state index is 0.121. The van der Waals surface area contributed by atoms with Gasteiger partial charge in [-0.15, -0.1) is 0 Å². The second-order valence-corrected chi connectivity index (χ2v) is 8.79. The van der Waals surface area contributed by atoms with Gasteiger partial charge in [0.1, 0.15) is 17.1 Å². The number of ether oxygens (including phenoxy) is 2. The highest BCUT2D eigenvalue weighted by Gasteiger charge is 2.32. The number of fused-ring (bicyclic) bond motifs is 1. The first-order chi connectivity index (χ1) is 14.8. The van der Waals surface area contributed by atoms with E-state index in [-0.39, 0.29) is 12.0 Å². The van der Waals surface area contributed by atoms with Gasteiger partial charge >= 0.3 is 5.97 Å². The minimum Gasteiger partial charge on any atom is -0.493 e. The summed E-state index contributed by atoms with van der Waals surface area (Å²) in [5.74, 6) is 1.06. The highest BCUT2D eigenvalue weighted by molar-refractivity contribution is 5.66. The molecule has 0 saturated heterocycles. The number of nitriles is 1. The molecule has 0 aromatic heterocycles. The molecular formula is C26H37NO4. The smallest absolute Gasteiger partial charge is 0.303 e. The Morgan fingerprint density at radius 2 is 1.90 bits per heavy atom. The zero-order chi connectivity index (χ0) is 22.9. The van der Waals surface area contributed by atoms with Gasteiger partial charge in [0.15, 0.2) is 0 Å². The first kappa shape index (κ1) is 24.8. The quantitative estimate of drug-likeness (QED) is 0.310. The van der Waals surface area contributed by atoms with Crippen molar-refractivity contribution in [3.8, 4) is 17.6 Å². The number of carbonyl (C=O) groups is 1. The maximum absolute atomic E-state index is 10.7. The van der Waals surface area contributed by atoms with Gasteiger partial charge < -0.3 is 14.6 Å². The largest absolute Gasteiger partial charge is 0.493 e. The zero-order valence-electron chi connectivity index (χ0n) is 19.6. The standard InChI is InChI=1S/C26H37NO4/c1-19-20(2)25-22(21(3)24(19)30-18-12-13-23(28)29)14-16-26(4,31-25)15-10-8-6-5-7-9-11-17-27/h10,15H,5-9,11-14,16,18H2,1-4H3,(H,28,29). The van der Waals surface area contributed by atoms with Crippen LogP contribution in [-0.4, -0.2) is 23.3 Å². The summed E-state index contributed by atoms with van der Waals surface area (Å²) in [6.45, 7) is 8.76. The van der Waals surface area contributed by atoms with E-state index in [9.17, 15) is 4.79 Å². The van der Waals surface area contributed by atoms with Crippen LogP contribution in [0.1, 0.15) is 87.0 Å². The summed E-state index contributed by atoms with van der Waals surface area (Å²) >= 11 is 0. The predicted molar refractivity (Wildman–Crippen MR) is 123 cm³/mol. The van der Waals surface area contributed by atoms with Crippen LogP contribution in [0, 0.1) is 32.1 Å². The molecule has 2 rings (SSSR count). The second-order valence-electron chi connectivity index (χ2n) is 8.79. The summed E-state index contributed by atoms with van der Waals surface area (Å²) in [7, 11) is 0. The van der Waals surface area contributed by atoms with Gasteiger partial charge in [0.25, 0.3) is 0 Å². The van der Waals surface area contributed by atoms with Crippen LogP contribution in [0.4, 0.5) is 0 Å². The van der Waals surface area contributed by atoms with E-state index in [1.54, 1.807) is 0 Å². The lowest BCUT2D eigenvalue weighted by atomic mass is 9.86. The Morgan fingerprint density at radius 1 is 1.16 bits per heavy atom. The summed E-state index contributed by atoms with van der Waals surface area (Å²) in [6.07, 6.45) is 13.1. The van der Waals surface area contributed by atoms with Gasteiger partial charge in [0, 0.05) is 18.4 Å². The number of unbranched alkanes of at least 4 members (excludes halogenated alkanes) is 5. The first-order valence-corrected chi connectivity index (χ1v) is 11.5. The van der Waals surface area contributed by atoms with Gasteiger partial charge in [-0.25, -0.2) is 0 Å². The van der Waals surface area contributed by atoms with E-state index < -0.39 is 5.97 Å². The van der Waals surface area contributed by atoms with E-state index in [2.05, 4.69) is 39.0 Å². The van der Waals surface area contributed by atoms with Gasteiger partial charge in [0.2, 0.25) is 0 Å². The molecule has 0 aliphatic carbocycles. The van der Waals surface area contributed by atoms with Crippen LogP contribution in [0.5, 0.6) is 11.5 Å². The molecule has 1 aromatic carbocycles. The fraction of sp³-hybridized carbons (Fsp3) is 0.615. The molecule has 0 bridgehead atoms. The molecule has 31 heavy (non-hydrogen) atoms. The van der Waals surface area contributed by atoms with Crippen LogP contribution in [-0.2, 0) is 11.2 Å². The fourth-order valence-electron chi connectivity index (χ4n) is 4.14. The number of allylic oxidation sites excluding steroid dienone is 1. The topological polar surface area (TPSA) is 79.5 Å². The SMILES string of the molecule is Cc1c(C)c2c(c(C)c1OCCCC(=O)O)CCC(C)(C=CCCCCCCC#N)O2. The van der Waals surface area contributed by atoms with Crippen LogP contribution in [0.3, 0.4) is 0 Å². The van der Waals surface area contributed by atoms with Crippen LogP contribution in [0.25, 0.3) is 0 Å². The molecule has 0 spiro atoms. The highest BCUT2D eigenvalue weighted by atomic mass is 16.5. The van der Waals surface area contributed by atoms with Crippen molar-refractivity contribution in [2.75, 3.05) is 6.61 Å². The Hall–Kier alpha value is -2.48. The van der Waals surface area contributed by atoms with Gasteiger partial charge in [-0.3, -0.25) is 4.79 Å². The molecule has 5 heteroatoms. The molecule has 1 unspecified atom stereocenters. The Morgan fingerprint density at radius 3 is 2.61 bits per heavy atom. The van der Waals surface area contributed by atoms with E-state index in [0.29, 0.717) is 19.4 Å². The average Bonchev–Trinajstić information content (AvgIpc) is 2.73. The molecule has 1 aromatic rings. The maximum atomic E-state index is 10.7. The third-order valence-electron chi connectivity index (χ3n) is 6.18. The van der Waals surface area contributed by atoms with Crippen molar-refractivity contribution in [3.05, 3.63) is 34.4 Å². The van der Waals surface area contributed by atoms with Crippen molar-refractivity contribution >= 4 is 5.97 Å². The zero-order valence-corrected chi connectivity index (χ0v) is 19.6. The van der Waals surface area contributed by atoms with Crippen molar-refractivity contribution in [1.82, 2.24) is 0 Å². The maximum Gasteiger partial charge on any atom is 0.303 e. The van der Waals surface area contributed by atoms with Crippen molar-refractivity contribution < 1.29 is 19.4 Å². The Kier molecular flexibility index (Phi) is 9.43. The number of benzene rings is 1. The number of carboxylic acid groups (broad SMARTS) is 1. The lowest BCUT2D eigenvalue weighted by Crippen LogP contribution is -2.35. The lowest BCUT2D eigenvalue weighted by Gasteiger charge is -2.36. The van der Waals surface area contributed by atoms with Crippen LogP contribution in [0.15, 0.2) is 12.2 Å². The van der Waals surface area contributed by atoms with Crippen LogP contribution in [0.2, 0.25) is 0 Å². The van der Waals surface area contributed by atoms with Crippen molar-refractivity contribution in [3.63, 3.8) is 0 Å². The normalized spacial score (nSPS) is 17.8. The molecule has 1 N–H and O–H groups in total. The molecule has 0 fully saturated rings. The highest BCUT2D eigenvalue weighted by Crippen LogP contribution is 2.44.